The van der Waals surface area contributed by atoms with Gasteiger partial charge in [-0.15, -0.1) is 0 Å². The highest BCUT2D eigenvalue weighted by molar-refractivity contribution is 6.30. The highest BCUT2D eigenvalue weighted by Crippen LogP contribution is 2.20. The third-order valence-corrected chi connectivity index (χ3v) is 4.10. The van der Waals surface area contributed by atoms with Crippen molar-refractivity contribution in [3.8, 4) is 0 Å². The summed E-state index contributed by atoms with van der Waals surface area (Å²) in [5.74, 6) is 1.48. The lowest BCUT2D eigenvalue weighted by atomic mass is 9.97. The lowest BCUT2D eigenvalue weighted by molar-refractivity contribution is 0.0758. The Kier molecular flexibility index (Phi) is 3.92. The molecule has 1 amide bonds. The monoisotopic (exact) mass is 304 g/mol. The molecule has 6 heteroatoms. The molecule has 0 saturated carbocycles. The van der Waals surface area contributed by atoms with Crippen LogP contribution in [0.5, 0.6) is 0 Å². The fraction of sp³-hybridized carbons (Fsp3) is 0.400. The van der Waals surface area contributed by atoms with E-state index in [9.17, 15) is 4.79 Å². The van der Waals surface area contributed by atoms with E-state index in [1.165, 1.54) is 6.20 Å². The number of carbonyl (C=O) groups excluding carboxylic acids is 1. The first-order chi connectivity index (χ1) is 10.1. The number of aryl methyl sites for hydroxylation is 1. The Bertz CT molecular complexity index is 637. The minimum atomic E-state index is -0.0689. The number of halogens is 1. The Hall–Kier alpha value is -1.88. The smallest absolute Gasteiger partial charge is 0.272 e. The van der Waals surface area contributed by atoms with Crippen molar-refractivity contribution < 1.29 is 4.79 Å². The minimum absolute atomic E-state index is 0.0689. The van der Waals surface area contributed by atoms with Gasteiger partial charge < -0.3 is 9.47 Å². The summed E-state index contributed by atoms with van der Waals surface area (Å²) < 4.78 is 2.18. The molecule has 2 aromatic heterocycles. The summed E-state index contributed by atoms with van der Waals surface area (Å²) >= 11 is 5.79. The number of hydrogen-bond acceptors (Lipinski definition) is 3. The van der Waals surface area contributed by atoms with Crippen molar-refractivity contribution in [1.82, 2.24) is 19.4 Å². The predicted molar refractivity (Wildman–Crippen MR) is 80.2 cm³/mol. The van der Waals surface area contributed by atoms with E-state index in [4.69, 9.17) is 11.6 Å². The van der Waals surface area contributed by atoms with Crippen molar-refractivity contribution in [3.63, 3.8) is 0 Å². The van der Waals surface area contributed by atoms with Gasteiger partial charge in [0.15, 0.2) is 0 Å². The van der Waals surface area contributed by atoms with Crippen molar-refractivity contribution in [1.29, 1.82) is 0 Å². The molecule has 21 heavy (non-hydrogen) atoms. The Morgan fingerprint density at radius 2 is 2.33 bits per heavy atom. The van der Waals surface area contributed by atoms with Crippen LogP contribution in [-0.2, 0) is 13.0 Å². The van der Waals surface area contributed by atoms with Crippen LogP contribution in [0.15, 0.2) is 30.7 Å². The second-order valence-corrected chi connectivity index (χ2v) is 5.88. The van der Waals surface area contributed by atoms with Gasteiger partial charge in [0.25, 0.3) is 5.91 Å². The number of carbonyl (C=O) groups is 1. The van der Waals surface area contributed by atoms with Gasteiger partial charge in [-0.1, -0.05) is 11.6 Å². The van der Waals surface area contributed by atoms with E-state index in [1.807, 2.05) is 19.4 Å². The van der Waals surface area contributed by atoms with Gasteiger partial charge in [-0.3, -0.25) is 4.79 Å². The molecular formula is C15H17ClN4O. The molecule has 1 aliphatic heterocycles. The van der Waals surface area contributed by atoms with Crippen molar-refractivity contribution in [2.45, 2.75) is 19.4 Å². The molecule has 0 bridgehead atoms. The SMILES string of the molecule is CN(C[C@@H]1CCn2ccnc2C1)C(=O)c1ccc(Cl)cn1. The Morgan fingerprint density at radius 1 is 1.48 bits per heavy atom. The zero-order valence-electron chi connectivity index (χ0n) is 11.9. The van der Waals surface area contributed by atoms with Gasteiger partial charge in [-0.05, 0) is 24.5 Å². The quantitative estimate of drug-likeness (QED) is 0.874. The topological polar surface area (TPSA) is 51.0 Å². The molecule has 1 aliphatic rings. The number of imidazole rings is 1. The van der Waals surface area contributed by atoms with Gasteiger partial charge in [0.05, 0.1) is 5.02 Å². The average Bonchev–Trinajstić information content (AvgIpc) is 2.95. The molecule has 3 heterocycles. The zero-order chi connectivity index (χ0) is 14.8. The standard InChI is InChI=1S/C15H17ClN4O/c1-19(15(21)13-3-2-12(16)9-18-13)10-11-4-6-20-7-5-17-14(20)8-11/h2-3,5,7,9,11H,4,6,8,10H2,1H3/t11-/m1/s1. The Morgan fingerprint density at radius 3 is 3.10 bits per heavy atom. The fourth-order valence-electron chi connectivity index (χ4n) is 2.74. The van der Waals surface area contributed by atoms with Crippen molar-refractivity contribution in [2.75, 3.05) is 13.6 Å². The number of rotatable bonds is 3. The van der Waals surface area contributed by atoms with Crippen molar-refractivity contribution >= 4 is 17.5 Å². The minimum Gasteiger partial charge on any atom is -0.340 e. The van der Waals surface area contributed by atoms with Gasteiger partial charge in [0.2, 0.25) is 0 Å². The van der Waals surface area contributed by atoms with E-state index in [1.54, 1.807) is 17.0 Å². The van der Waals surface area contributed by atoms with Crippen LogP contribution in [-0.4, -0.2) is 38.9 Å². The van der Waals surface area contributed by atoms with Crippen molar-refractivity contribution in [3.05, 3.63) is 47.3 Å². The number of amides is 1. The van der Waals surface area contributed by atoms with Gasteiger partial charge >= 0.3 is 0 Å². The number of fused-ring (bicyclic) bond motifs is 1. The van der Waals surface area contributed by atoms with Gasteiger partial charge in [-0.2, -0.15) is 0 Å². The second-order valence-electron chi connectivity index (χ2n) is 5.44. The molecule has 0 spiro atoms. The van der Waals surface area contributed by atoms with Crippen LogP contribution in [0.25, 0.3) is 0 Å². The van der Waals surface area contributed by atoms with Crippen molar-refractivity contribution in [2.24, 2.45) is 5.92 Å². The molecule has 1 atom stereocenters. The van der Waals surface area contributed by atoms with E-state index in [0.717, 1.165) is 31.8 Å². The first-order valence-electron chi connectivity index (χ1n) is 7.00. The highest BCUT2D eigenvalue weighted by Gasteiger charge is 2.23. The summed E-state index contributed by atoms with van der Waals surface area (Å²) in [6.45, 7) is 1.69. The maximum atomic E-state index is 12.3. The first kappa shape index (κ1) is 14.1. The molecule has 0 fully saturated rings. The van der Waals surface area contributed by atoms with E-state index < -0.39 is 0 Å². The van der Waals surface area contributed by atoms with E-state index in [-0.39, 0.29) is 5.91 Å². The Balaban J connectivity index is 1.63. The fourth-order valence-corrected chi connectivity index (χ4v) is 2.85. The third kappa shape index (κ3) is 3.08. The molecule has 0 radical (unpaired) electrons. The Labute approximate surface area is 128 Å². The largest absolute Gasteiger partial charge is 0.340 e. The summed E-state index contributed by atoms with van der Waals surface area (Å²) in [6.07, 6.45) is 7.33. The zero-order valence-corrected chi connectivity index (χ0v) is 12.6. The van der Waals surface area contributed by atoms with Crippen LogP contribution in [0.1, 0.15) is 22.7 Å². The van der Waals surface area contributed by atoms with Crippen LogP contribution in [0, 0.1) is 5.92 Å². The van der Waals surface area contributed by atoms with Crippen LogP contribution in [0.3, 0.4) is 0 Å². The third-order valence-electron chi connectivity index (χ3n) is 3.88. The van der Waals surface area contributed by atoms with E-state index in [0.29, 0.717) is 16.6 Å². The normalized spacial score (nSPS) is 17.3. The molecule has 0 aliphatic carbocycles. The van der Waals surface area contributed by atoms with Crippen LogP contribution in [0.4, 0.5) is 0 Å². The van der Waals surface area contributed by atoms with E-state index >= 15 is 0 Å². The number of pyridine rings is 1. The summed E-state index contributed by atoms with van der Waals surface area (Å²) in [5.41, 5.74) is 0.430. The lowest BCUT2D eigenvalue weighted by Gasteiger charge is -2.27. The number of hydrogen-bond donors (Lipinski definition) is 0. The number of aromatic nitrogens is 3. The molecule has 5 nitrogen and oxygen atoms in total. The second kappa shape index (κ2) is 5.85. The maximum Gasteiger partial charge on any atom is 0.272 e. The molecule has 0 saturated heterocycles. The van der Waals surface area contributed by atoms with Gasteiger partial charge in [0, 0.05) is 45.1 Å². The summed E-state index contributed by atoms with van der Waals surface area (Å²) in [4.78, 5) is 22.5. The summed E-state index contributed by atoms with van der Waals surface area (Å²) in [7, 11) is 1.82. The highest BCUT2D eigenvalue weighted by atomic mass is 35.5. The van der Waals surface area contributed by atoms with Crippen LogP contribution < -0.4 is 0 Å². The van der Waals surface area contributed by atoms with Gasteiger partial charge in [0.1, 0.15) is 11.5 Å². The lowest BCUT2D eigenvalue weighted by Crippen LogP contribution is -2.35. The molecule has 0 N–H and O–H groups in total. The maximum absolute atomic E-state index is 12.3. The van der Waals surface area contributed by atoms with E-state index in [2.05, 4.69) is 14.5 Å². The number of nitrogens with zero attached hydrogens (tertiary/aromatic N) is 4. The molecular weight excluding hydrogens is 288 g/mol. The van der Waals surface area contributed by atoms with Gasteiger partial charge in [-0.25, -0.2) is 9.97 Å². The molecule has 110 valence electrons. The molecule has 2 aromatic rings. The van der Waals surface area contributed by atoms with Crippen LogP contribution in [0.2, 0.25) is 5.02 Å². The first-order valence-corrected chi connectivity index (χ1v) is 7.38. The summed E-state index contributed by atoms with van der Waals surface area (Å²) in [6, 6.07) is 3.35. The predicted octanol–water partition coefficient (Wildman–Crippen LogP) is 2.27. The molecule has 3 rings (SSSR count). The molecule has 0 unspecified atom stereocenters. The molecule has 0 aromatic carbocycles. The summed E-state index contributed by atoms with van der Waals surface area (Å²) in [5, 5.41) is 0.535. The average molecular weight is 305 g/mol. The van der Waals surface area contributed by atoms with Crippen LogP contribution >= 0.6 is 11.6 Å².